The van der Waals surface area contributed by atoms with Gasteiger partial charge in [-0.15, -0.1) is 0 Å². The Morgan fingerprint density at radius 1 is 0.296 bits per heavy atom. The van der Waals surface area contributed by atoms with Crippen LogP contribution in [0.2, 0.25) is 8.87 Å². The zero-order valence-electron chi connectivity index (χ0n) is 19.5. The normalized spacial score (nSPS) is 11.3. The van der Waals surface area contributed by atoms with E-state index in [1.165, 1.54) is 128 Å². The summed E-state index contributed by atoms with van der Waals surface area (Å²) in [4.78, 5) is 0. The Morgan fingerprint density at radius 2 is 0.519 bits per heavy atom. The third kappa shape index (κ3) is 26.8. The smallest absolute Gasteiger partial charge is 0.0654 e. The van der Waals surface area contributed by atoms with Crippen molar-refractivity contribution in [2.45, 2.75) is 164 Å². The second-order valence-electron chi connectivity index (χ2n) is 8.82. The SMILES string of the molecule is CCCCCCCCCCCC[CH2][Sn][CH2]CCCCCCCCCCCC. The van der Waals surface area contributed by atoms with E-state index in [2.05, 4.69) is 13.8 Å². The van der Waals surface area contributed by atoms with Gasteiger partial charge < -0.3 is 0 Å². The average molecular weight is 485 g/mol. The van der Waals surface area contributed by atoms with E-state index in [0.29, 0.717) is 0 Å². The zero-order chi connectivity index (χ0) is 19.7. The molecule has 0 nitrogen and oxygen atoms in total. The maximum absolute atomic E-state index is 2.31. The number of hydrogen-bond donors (Lipinski definition) is 0. The first-order chi connectivity index (χ1) is 13.4. The Kier molecular flexibility index (Phi) is 27.6. The molecular formula is C26H54Sn. The molecule has 0 saturated carbocycles. The van der Waals surface area contributed by atoms with E-state index in [1.54, 1.807) is 21.7 Å². The van der Waals surface area contributed by atoms with Gasteiger partial charge in [0, 0.05) is 0 Å². The summed E-state index contributed by atoms with van der Waals surface area (Å²) in [5, 5.41) is 0. The fourth-order valence-electron chi connectivity index (χ4n) is 3.95. The molecule has 0 bridgehead atoms. The van der Waals surface area contributed by atoms with Gasteiger partial charge in [-0.3, -0.25) is 0 Å². The van der Waals surface area contributed by atoms with Crippen LogP contribution in [0.25, 0.3) is 0 Å². The van der Waals surface area contributed by atoms with Gasteiger partial charge in [-0.2, -0.15) is 0 Å². The Morgan fingerprint density at radius 3 is 0.778 bits per heavy atom. The minimum absolute atomic E-state index is 0.0315. The number of unbranched alkanes of at least 4 members (excludes halogenated alkanes) is 20. The zero-order valence-corrected chi connectivity index (χ0v) is 22.3. The number of hydrogen-bond acceptors (Lipinski definition) is 0. The molecule has 0 unspecified atom stereocenters. The topological polar surface area (TPSA) is 0 Å². The second-order valence-corrected chi connectivity index (χ2v) is 13.1. The van der Waals surface area contributed by atoms with Crippen LogP contribution in [0.3, 0.4) is 0 Å². The third-order valence-corrected chi connectivity index (χ3v) is 9.95. The van der Waals surface area contributed by atoms with Crippen LogP contribution in [-0.2, 0) is 0 Å². The maximum atomic E-state index is 2.31. The molecule has 0 rings (SSSR count). The van der Waals surface area contributed by atoms with Gasteiger partial charge in [0.05, 0.1) is 0 Å². The van der Waals surface area contributed by atoms with Crippen LogP contribution < -0.4 is 0 Å². The molecule has 0 aliphatic heterocycles. The van der Waals surface area contributed by atoms with Crippen molar-refractivity contribution in [1.29, 1.82) is 0 Å². The van der Waals surface area contributed by atoms with Crippen molar-refractivity contribution in [3.63, 3.8) is 0 Å². The van der Waals surface area contributed by atoms with Gasteiger partial charge >= 0.3 is 171 Å². The minimum Gasteiger partial charge on any atom is -0.0654 e. The molecule has 0 aromatic heterocycles. The predicted molar refractivity (Wildman–Crippen MR) is 128 cm³/mol. The van der Waals surface area contributed by atoms with Crippen molar-refractivity contribution in [3.05, 3.63) is 0 Å². The van der Waals surface area contributed by atoms with Crippen LogP contribution in [0.4, 0.5) is 0 Å². The van der Waals surface area contributed by atoms with Gasteiger partial charge in [-0.1, -0.05) is 13.8 Å². The summed E-state index contributed by atoms with van der Waals surface area (Å²) in [5.74, 6) is 0. The molecule has 162 valence electrons. The molecule has 0 atom stereocenters. The standard InChI is InChI=1S/2C13H27.Sn/c2*1-3-5-7-9-11-13-12-10-8-6-4-2;/h2*1,3-13H2,2H3;. The fraction of sp³-hybridized carbons (Fsp3) is 1.00. The van der Waals surface area contributed by atoms with Gasteiger partial charge in [0.2, 0.25) is 0 Å². The van der Waals surface area contributed by atoms with E-state index in [0.717, 1.165) is 0 Å². The van der Waals surface area contributed by atoms with E-state index in [4.69, 9.17) is 0 Å². The summed E-state index contributed by atoms with van der Waals surface area (Å²) in [7, 11) is 0. The first-order valence-electron chi connectivity index (χ1n) is 13.1. The van der Waals surface area contributed by atoms with Crippen LogP contribution in [0, 0.1) is 0 Å². The van der Waals surface area contributed by atoms with Crippen LogP contribution in [-0.4, -0.2) is 21.1 Å². The van der Waals surface area contributed by atoms with Crippen molar-refractivity contribution < 1.29 is 0 Å². The molecule has 0 aliphatic rings. The van der Waals surface area contributed by atoms with E-state index >= 15 is 0 Å². The molecule has 2 radical (unpaired) electrons. The van der Waals surface area contributed by atoms with E-state index in [-0.39, 0.29) is 21.1 Å². The van der Waals surface area contributed by atoms with Crippen molar-refractivity contribution in [3.8, 4) is 0 Å². The van der Waals surface area contributed by atoms with Crippen LogP contribution in [0.5, 0.6) is 0 Å². The summed E-state index contributed by atoms with van der Waals surface area (Å²) < 4.78 is 3.33. The summed E-state index contributed by atoms with van der Waals surface area (Å²) >= 11 is 0.0315. The van der Waals surface area contributed by atoms with Crippen LogP contribution >= 0.6 is 0 Å². The van der Waals surface area contributed by atoms with Gasteiger partial charge in [0.15, 0.2) is 0 Å². The van der Waals surface area contributed by atoms with Crippen molar-refractivity contribution in [2.24, 2.45) is 0 Å². The van der Waals surface area contributed by atoms with Gasteiger partial charge in [0.1, 0.15) is 0 Å². The monoisotopic (exact) mass is 486 g/mol. The molecule has 0 N–H and O–H groups in total. The Hall–Kier alpha value is 0.799. The predicted octanol–water partition coefficient (Wildman–Crippen LogP) is 10.1. The molecule has 0 aromatic rings. The van der Waals surface area contributed by atoms with Gasteiger partial charge in [-0.05, 0) is 0 Å². The molecule has 0 amide bonds. The van der Waals surface area contributed by atoms with Crippen molar-refractivity contribution in [2.75, 3.05) is 0 Å². The molecule has 0 aromatic carbocycles. The Balaban J connectivity index is 2.95. The first-order valence-corrected chi connectivity index (χ1v) is 17.2. The van der Waals surface area contributed by atoms with Crippen molar-refractivity contribution in [1.82, 2.24) is 0 Å². The van der Waals surface area contributed by atoms with E-state index in [1.807, 2.05) is 0 Å². The molecule has 0 spiro atoms. The fourth-order valence-corrected chi connectivity index (χ4v) is 7.52. The molecule has 0 fully saturated rings. The molecule has 1 heteroatoms. The molecule has 27 heavy (non-hydrogen) atoms. The summed E-state index contributed by atoms with van der Waals surface area (Å²) in [6.45, 7) is 4.61. The third-order valence-electron chi connectivity index (χ3n) is 5.91. The number of rotatable bonds is 24. The molecule has 0 aliphatic carbocycles. The molecule has 0 heterocycles. The van der Waals surface area contributed by atoms with Crippen LogP contribution in [0.15, 0.2) is 0 Å². The second kappa shape index (κ2) is 26.8. The summed E-state index contributed by atoms with van der Waals surface area (Å²) in [5.41, 5.74) is 0. The minimum atomic E-state index is 0.0315. The van der Waals surface area contributed by atoms with E-state index in [9.17, 15) is 0 Å². The Bertz CT molecular complexity index is 214. The van der Waals surface area contributed by atoms with Gasteiger partial charge in [0.25, 0.3) is 0 Å². The summed E-state index contributed by atoms with van der Waals surface area (Å²) in [6, 6.07) is 0. The van der Waals surface area contributed by atoms with Crippen molar-refractivity contribution >= 4 is 21.1 Å². The average Bonchev–Trinajstić information content (AvgIpc) is 2.68. The quantitative estimate of drug-likeness (QED) is 0.0943. The van der Waals surface area contributed by atoms with Crippen LogP contribution in [0.1, 0.15) is 155 Å². The molecule has 0 saturated heterocycles. The van der Waals surface area contributed by atoms with E-state index < -0.39 is 0 Å². The Labute approximate surface area is 184 Å². The summed E-state index contributed by atoms with van der Waals surface area (Å²) in [6.07, 6.45) is 32.8. The van der Waals surface area contributed by atoms with Gasteiger partial charge in [-0.25, -0.2) is 0 Å². The molecular weight excluding hydrogens is 431 g/mol. The first kappa shape index (κ1) is 27.8.